The molecule has 6 heteroatoms. The van der Waals surface area contributed by atoms with E-state index in [2.05, 4.69) is 15.3 Å². The lowest BCUT2D eigenvalue weighted by Gasteiger charge is -2.16. The summed E-state index contributed by atoms with van der Waals surface area (Å²) in [4.78, 5) is 8.12. The maximum absolute atomic E-state index is 12.0. The summed E-state index contributed by atoms with van der Waals surface area (Å²) < 4.78 is 36.1. The maximum atomic E-state index is 12.0. The predicted octanol–water partition coefficient (Wildman–Crippen LogP) is 2.86. The first kappa shape index (κ1) is 13.9. The highest BCUT2D eigenvalue weighted by Crippen LogP contribution is 2.25. The minimum Gasteiger partial charge on any atom is -0.308 e. The number of rotatable bonds is 6. The molecule has 0 fully saturated rings. The van der Waals surface area contributed by atoms with Gasteiger partial charge >= 0.3 is 6.18 Å². The van der Waals surface area contributed by atoms with Crippen LogP contribution in [-0.4, -0.2) is 22.7 Å². The predicted molar refractivity (Wildman–Crippen MR) is 58.4 cm³/mol. The average Bonchev–Trinajstić information content (AvgIpc) is 2.27. The molecule has 1 aromatic rings. The fourth-order valence-corrected chi connectivity index (χ4v) is 1.57. The summed E-state index contributed by atoms with van der Waals surface area (Å²) in [5.41, 5.74) is 0. The van der Waals surface area contributed by atoms with Gasteiger partial charge in [0.1, 0.15) is 5.82 Å². The molecular weight excluding hydrogens is 231 g/mol. The van der Waals surface area contributed by atoms with Gasteiger partial charge < -0.3 is 5.32 Å². The zero-order valence-corrected chi connectivity index (χ0v) is 9.67. The molecule has 1 aromatic heterocycles. The van der Waals surface area contributed by atoms with Crippen molar-refractivity contribution in [2.24, 2.45) is 0 Å². The molecule has 1 N–H and O–H groups in total. The van der Waals surface area contributed by atoms with E-state index in [1.54, 1.807) is 18.5 Å². The van der Waals surface area contributed by atoms with Crippen molar-refractivity contribution in [3.63, 3.8) is 0 Å². The molecule has 3 nitrogen and oxygen atoms in total. The largest absolute Gasteiger partial charge is 0.389 e. The molecule has 17 heavy (non-hydrogen) atoms. The van der Waals surface area contributed by atoms with Gasteiger partial charge in [0.15, 0.2) is 0 Å². The summed E-state index contributed by atoms with van der Waals surface area (Å²) in [5.74, 6) is 0.552. The first-order valence-corrected chi connectivity index (χ1v) is 5.60. The molecule has 0 saturated heterocycles. The molecule has 0 aliphatic carbocycles. The zero-order valence-electron chi connectivity index (χ0n) is 9.67. The van der Waals surface area contributed by atoms with Crippen molar-refractivity contribution >= 4 is 0 Å². The van der Waals surface area contributed by atoms with Crippen molar-refractivity contribution in [1.29, 1.82) is 0 Å². The van der Waals surface area contributed by atoms with Gasteiger partial charge in [-0.3, -0.25) is 0 Å². The van der Waals surface area contributed by atoms with E-state index in [0.717, 1.165) is 0 Å². The van der Waals surface area contributed by atoms with Crippen LogP contribution in [0.3, 0.4) is 0 Å². The molecule has 0 radical (unpaired) electrons. The molecular formula is C11H16F3N3. The van der Waals surface area contributed by atoms with Crippen LogP contribution in [0.1, 0.15) is 38.1 Å². The van der Waals surface area contributed by atoms with Gasteiger partial charge in [-0.1, -0.05) is 6.92 Å². The maximum Gasteiger partial charge on any atom is 0.389 e. The Kier molecular flexibility index (Phi) is 5.34. The van der Waals surface area contributed by atoms with E-state index in [9.17, 15) is 13.2 Å². The fraction of sp³-hybridized carbons (Fsp3) is 0.636. The highest BCUT2D eigenvalue weighted by atomic mass is 19.4. The number of alkyl halides is 3. The number of hydrogen-bond acceptors (Lipinski definition) is 3. The van der Waals surface area contributed by atoms with Crippen LogP contribution in [-0.2, 0) is 0 Å². The Labute approximate surface area is 98.5 Å². The van der Waals surface area contributed by atoms with E-state index in [1.807, 2.05) is 6.92 Å². The van der Waals surface area contributed by atoms with Gasteiger partial charge in [0.05, 0.1) is 6.04 Å². The Bertz CT molecular complexity index is 313. The van der Waals surface area contributed by atoms with Crippen LogP contribution in [0.5, 0.6) is 0 Å². The Hall–Kier alpha value is -1.17. The molecule has 1 rings (SSSR count). The lowest BCUT2D eigenvalue weighted by atomic mass is 10.1. The third-order valence-electron chi connectivity index (χ3n) is 2.30. The van der Waals surface area contributed by atoms with Crippen molar-refractivity contribution in [2.45, 2.75) is 38.4 Å². The van der Waals surface area contributed by atoms with Crippen LogP contribution < -0.4 is 5.32 Å². The summed E-state index contributed by atoms with van der Waals surface area (Å²) in [6.07, 6.45) is -1.19. The number of nitrogens with zero attached hydrogens (tertiary/aromatic N) is 2. The van der Waals surface area contributed by atoms with Gasteiger partial charge in [0.2, 0.25) is 0 Å². The van der Waals surface area contributed by atoms with Crippen LogP contribution in [0, 0.1) is 0 Å². The summed E-state index contributed by atoms with van der Waals surface area (Å²) in [5, 5.41) is 3.09. The van der Waals surface area contributed by atoms with Crippen molar-refractivity contribution in [3.05, 3.63) is 24.3 Å². The average molecular weight is 247 g/mol. The van der Waals surface area contributed by atoms with Crippen molar-refractivity contribution in [2.75, 3.05) is 6.54 Å². The summed E-state index contributed by atoms with van der Waals surface area (Å²) in [6, 6.07) is 1.48. The highest BCUT2D eigenvalue weighted by Gasteiger charge is 2.27. The molecule has 0 aliphatic rings. The monoisotopic (exact) mass is 247 g/mol. The van der Waals surface area contributed by atoms with Crippen LogP contribution in [0.4, 0.5) is 13.2 Å². The summed E-state index contributed by atoms with van der Waals surface area (Å²) >= 11 is 0. The van der Waals surface area contributed by atoms with Gasteiger partial charge in [-0.2, -0.15) is 13.2 Å². The fourth-order valence-electron chi connectivity index (χ4n) is 1.57. The van der Waals surface area contributed by atoms with Crippen LogP contribution >= 0.6 is 0 Å². The first-order chi connectivity index (χ1) is 8.03. The van der Waals surface area contributed by atoms with Crippen molar-refractivity contribution in [3.8, 4) is 0 Å². The standard InChI is InChI=1S/C11H16F3N3/c1-2-15-9(5-3-6-11(12,13)14)10-16-7-4-8-17-10/h4,7-9,15H,2-3,5-6H2,1H3. The summed E-state index contributed by atoms with van der Waals surface area (Å²) in [6.45, 7) is 2.58. The van der Waals surface area contributed by atoms with Crippen LogP contribution in [0.15, 0.2) is 18.5 Å². The SMILES string of the molecule is CCNC(CCCC(F)(F)F)c1ncccn1. The van der Waals surface area contributed by atoms with Gasteiger partial charge in [-0.05, 0) is 25.5 Å². The second kappa shape index (κ2) is 6.54. The second-order valence-corrected chi connectivity index (χ2v) is 3.72. The minimum atomic E-state index is -4.09. The summed E-state index contributed by atoms with van der Waals surface area (Å²) in [7, 11) is 0. The Balaban J connectivity index is 2.50. The van der Waals surface area contributed by atoms with E-state index >= 15 is 0 Å². The smallest absolute Gasteiger partial charge is 0.308 e. The molecule has 1 unspecified atom stereocenters. The van der Waals surface area contributed by atoms with Crippen LogP contribution in [0.25, 0.3) is 0 Å². The molecule has 0 spiro atoms. The van der Waals surface area contributed by atoms with Gasteiger partial charge in [0, 0.05) is 18.8 Å². The molecule has 0 bridgehead atoms. The number of halogens is 3. The van der Waals surface area contributed by atoms with Gasteiger partial charge in [0.25, 0.3) is 0 Å². The molecule has 96 valence electrons. The lowest BCUT2D eigenvalue weighted by molar-refractivity contribution is -0.135. The molecule has 0 aliphatic heterocycles. The number of nitrogens with one attached hydrogen (secondary N) is 1. The van der Waals surface area contributed by atoms with E-state index in [4.69, 9.17) is 0 Å². The molecule has 1 heterocycles. The lowest BCUT2D eigenvalue weighted by Crippen LogP contribution is -2.23. The minimum absolute atomic E-state index is 0.0828. The molecule has 1 atom stereocenters. The van der Waals surface area contributed by atoms with E-state index in [-0.39, 0.29) is 12.5 Å². The van der Waals surface area contributed by atoms with E-state index in [0.29, 0.717) is 18.8 Å². The molecule has 0 amide bonds. The molecule has 0 aromatic carbocycles. The highest BCUT2D eigenvalue weighted by molar-refractivity contribution is 4.95. The van der Waals surface area contributed by atoms with Crippen molar-refractivity contribution in [1.82, 2.24) is 15.3 Å². The number of hydrogen-bond donors (Lipinski definition) is 1. The normalized spacial score (nSPS) is 13.6. The topological polar surface area (TPSA) is 37.8 Å². The van der Waals surface area contributed by atoms with Gasteiger partial charge in [-0.25, -0.2) is 9.97 Å². The Morgan fingerprint density at radius 1 is 1.29 bits per heavy atom. The first-order valence-electron chi connectivity index (χ1n) is 5.60. The molecule has 0 saturated carbocycles. The number of aromatic nitrogens is 2. The quantitative estimate of drug-likeness (QED) is 0.840. The van der Waals surface area contributed by atoms with Gasteiger partial charge in [-0.15, -0.1) is 0 Å². The third kappa shape index (κ3) is 5.63. The van der Waals surface area contributed by atoms with Crippen molar-refractivity contribution < 1.29 is 13.2 Å². The van der Waals surface area contributed by atoms with Crippen LogP contribution in [0.2, 0.25) is 0 Å². The second-order valence-electron chi connectivity index (χ2n) is 3.72. The van der Waals surface area contributed by atoms with E-state index in [1.165, 1.54) is 0 Å². The zero-order chi connectivity index (χ0) is 12.7. The Morgan fingerprint density at radius 2 is 1.94 bits per heavy atom. The van der Waals surface area contributed by atoms with E-state index < -0.39 is 12.6 Å². The Morgan fingerprint density at radius 3 is 2.47 bits per heavy atom. The third-order valence-corrected chi connectivity index (χ3v) is 2.30.